The molecule has 0 bridgehead atoms. The molecule has 2 aromatic carbocycles. The monoisotopic (exact) mass is 374 g/mol. The first-order chi connectivity index (χ1) is 12.4. The van der Waals surface area contributed by atoms with Gasteiger partial charge in [0.15, 0.2) is 6.54 Å². The van der Waals surface area contributed by atoms with Gasteiger partial charge in [-0.05, 0) is 31.2 Å². The van der Waals surface area contributed by atoms with E-state index in [4.69, 9.17) is 0 Å². The maximum atomic E-state index is 12.6. The Morgan fingerprint density at radius 2 is 1.65 bits per heavy atom. The number of rotatable bonds is 5. The molecule has 1 aliphatic rings. The molecule has 0 atom stereocenters. The van der Waals surface area contributed by atoms with Crippen molar-refractivity contribution < 1.29 is 18.1 Å². The highest BCUT2D eigenvalue weighted by Crippen LogP contribution is 2.14. The highest BCUT2D eigenvalue weighted by Gasteiger charge is 2.30. The summed E-state index contributed by atoms with van der Waals surface area (Å²) in [4.78, 5) is 13.6. The second-order valence-corrected chi connectivity index (χ2v) is 8.50. The van der Waals surface area contributed by atoms with Crippen LogP contribution in [0.1, 0.15) is 5.56 Å². The predicted molar refractivity (Wildman–Crippen MR) is 101 cm³/mol. The Morgan fingerprint density at radius 1 is 1.04 bits per heavy atom. The number of quaternary nitrogens is 1. The van der Waals surface area contributed by atoms with Crippen molar-refractivity contribution in [1.29, 1.82) is 0 Å². The highest BCUT2D eigenvalue weighted by atomic mass is 32.2. The Labute approximate surface area is 154 Å². The molecule has 0 spiro atoms. The second-order valence-electron chi connectivity index (χ2n) is 6.56. The number of carbonyl (C=O) groups is 1. The number of anilines is 1. The van der Waals surface area contributed by atoms with Crippen molar-refractivity contribution in [2.75, 3.05) is 38.0 Å². The summed E-state index contributed by atoms with van der Waals surface area (Å²) >= 11 is 0. The average molecular weight is 374 g/mol. The molecule has 138 valence electrons. The van der Waals surface area contributed by atoms with Crippen LogP contribution in [0.4, 0.5) is 5.69 Å². The largest absolute Gasteiger partial charge is 0.325 e. The van der Waals surface area contributed by atoms with Gasteiger partial charge in [-0.15, -0.1) is 0 Å². The van der Waals surface area contributed by atoms with Gasteiger partial charge in [0, 0.05) is 5.69 Å². The van der Waals surface area contributed by atoms with Gasteiger partial charge in [0.25, 0.3) is 5.91 Å². The van der Waals surface area contributed by atoms with E-state index in [2.05, 4.69) is 5.32 Å². The number of aryl methyl sites for hydroxylation is 1. The van der Waals surface area contributed by atoms with E-state index in [1.54, 1.807) is 30.3 Å². The molecule has 0 radical (unpaired) electrons. The van der Waals surface area contributed by atoms with Crippen LogP contribution in [-0.2, 0) is 14.8 Å². The lowest BCUT2D eigenvalue weighted by Crippen LogP contribution is -3.15. The molecule has 3 rings (SSSR count). The van der Waals surface area contributed by atoms with Crippen LogP contribution < -0.4 is 10.2 Å². The molecule has 2 N–H and O–H groups in total. The van der Waals surface area contributed by atoms with Crippen molar-refractivity contribution in [3.05, 3.63) is 60.2 Å². The molecular formula is C19H24N3O3S+. The molecule has 1 saturated heterocycles. The summed E-state index contributed by atoms with van der Waals surface area (Å²) in [6.45, 7) is 4.42. The zero-order valence-electron chi connectivity index (χ0n) is 14.8. The van der Waals surface area contributed by atoms with Crippen LogP contribution in [0, 0.1) is 6.92 Å². The minimum atomic E-state index is -3.45. The summed E-state index contributed by atoms with van der Waals surface area (Å²) < 4.78 is 26.7. The van der Waals surface area contributed by atoms with Gasteiger partial charge in [0.1, 0.15) is 0 Å². The van der Waals surface area contributed by atoms with Crippen LogP contribution in [0.5, 0.6) is 0 Å². The van der Waals surface area contributed by atoms with E-state index in [0.717, 1.165) is 16.2 Å². The Hall–Kier alpha value is -2.22. The van der Waals surface area contributed by atoms with Gasteiger partial charge < -0.3 is 10.2 Å². The Morgan fingerprint density at radius 3 is 2.27 bits per heavy atom. The first-order valence-electron chi connectivity index (χ1n) is 8.70. The smallest absolute Gasteiger partial charge is 0.279 e. The first-order valence-corrected chi connectivity index (χ1v) is 10.1. The minimum Gasteiger partial charge on any atom is -0.325 e. The van der Waals surface area contributed by atoms with Crippen molar-refractivity contribution >= 4 is 21.6 Å². The van der Waals surface area contributed by atoms with E-state index < -0.39 is 10.0 Å². The standard InChI is InChI=1S/C19H23N3O3S/c1-16-7-9-17(10-8-16)20-19(23)15-21-11-13-22(14-12-21)26(24,25)18-5-3-2-4-6-18/h2-10H,11-15H2,1H3,(H,20,23)/p+1. The van der Waals surface area contributed by atoms with Gasteiger partial charge in [-0.3, -0.25) is 4.79 Å². The Kier molecular flexibility index (Phi) is 5.70. The fourth-order valence-electron chi connectivity index (χ4n) is 3.03. The summed E-state index contributed by atoms with van der Waals surface area (Å²) in [6, 6.07) is 16.2. The third-order valence-corrected chi connectivity index (χ3v) is 6.47. The van der Waals surface area contributed by atoms with Gasteiger partial charge in [-0.1, -0.05) is 35.9 Å². The molecule has 0 saturated carbocycles. The zero-order chi connectivity index (χ0) is 18.6. The second kappa shape index (κ2) is 7.99. The summed E-state index contributed by atoms with van der Waals surface area (Å²) in [5, 5.41) is 2.89. The molecule has 2 aromatic rings. The van der Waals surface area contributed by atoms with E-state index in [-0.39, 0.29) is 5.91 Å². The summed E-state index contributed by atoms with van der Waals surface area (Å²) in [5.74, 6) is -0.0526. The van der Waals surface area contributed by atoms with E-state index >= 15 is 0 Å². The number of benzene rings is 2. The number of hydrogen-bond acceptors (Lipinski definition) is 3. The van der Waals surface area contributed by atoms with E-state index in [9.17, 15) is 13.2 Å². The van der Waals surface area contributed by atoms with Crippen LogP contribution in [0.25, 0.3) is 0 Å². The third kappa shape index (κ3) is 4.49. The van der Waals surface area contributed by atoms with Gasteiger partial charge in [0.2, 0.25) is 10.0 Å². The normalized spacial score (nSPS) is 16.3. The van der Waals surface area contributed by atoms with Gasteiger partial charge in [0.05, 0.1) is 31.1 Å². The average Bonchev–Trinajstić information content (AvgIpc) is 2.65. The number of nitrogens with one attached hydrogen (secondary N) is 2. The topological polar surface area (TPSA) is 70.9 Å². The summed E-state index contributed by atoms with van der Waals surface area (Å²) in [5.41, 5.74) is 1.93. The fourth-order valence-corrected chi connectivity index (χ4v) is 4.49. The molecular weight excluding hydrogens is 350 g/mol. The lowest BCUT2D eigenvalue weighted by Gasteiger charge is -2.31. The molecule has 0 unspecified atom stereocenters. The fraction of sp³-hybridized carbons (Fsp3) is 0.316. The van der Waals surface area contributed by atoms with Crippen LogP contribution >= 0.6 is 0 Å². The molecule has 0 aromatic heterocycles. The van der Waals surface area contributed by atoms with Gasteiger partial charge in [-0.25, -0.2) is 8.42 Å². The SMILES string of the molecule is Cc1ccc(NC(=O)C[NH+]2CCN(S(=O)(=O)c3ccccc3)CC2)cc1. The lowest BCUT2D eigenvalue weighted by atomic mass is 10.2. The van der Waals surface area contributed by atoms with Crippen molar-refractivity contribution in [3.8, 4) is 0 Å². The molecule has 1 heterocycles. The van der Waals surface area contributed by atoms with Crippen LogP contribution in [0.3, 0.4) is 0 Å². The molecule has 26 heavy (non-hydrogen) atoms. The zero-order valence-corrected chi connectivity index (χ0v) is 15.6. The van der Waals surface area contributed by atoms with Crippen molar-refractivity contribution in [2.45, 2.75) is 11.8 Å². The number of amides is 1. The number of sulfonamides is 1. The number of nitrogens with zero attached hydrogens (tertiary/aromatic N) is 1. The summed E-state index contributed by atoms with van der Waals surface area (Å²) in [7, 11) is -3.45. The maximum absolute atomic E-state index is 12.6. The van der Waals surface area contributed by atoms with Crippen molar-refractivity contribution in [3.63, 3.8) is 0 Å². The molecule has 7 heteroatoms. The van der Waals surface area contributed by atoms with E-state index in [1.165, 1.54) is 4.31 Å². The van der Waals surface area contributed by atoms with E-state index in [1.807, 2.05) is 31.2 Å². The number of piperazine rings is 1. The molecule has 0 aliphatic carbocycles. The predicted octanol–water partition coefficient (Wildman–Crippen LogP) is 0.523. The maximum Gasteiger partial charge on any atom is 0.279 e. The quantitative estimate of drug-likeness (QED) is 0.802. The van der Waals surface area contributed by atoms with Crippen molar-refractivity contribution in [2.24, 2.45) is 0 Å². The molecule has 1 fully saturated rings. The lowest BCUT2D eigenvalue weighted by molar-refractivity contribution is -0.895. The minimum absolute atomic E-state index is 0.0526. The highest BCUT2D eigenvalue weighted by molar-refractivity contribution is 7.89. The molecule has 1 amide bonds. The molecule has 1 aliphatic heterocycles. The Bertz CT molecular complexity index is 843. The van der Waals surface area contributed by atoms with Gasteiger partial charge >= 0.3 is 0 Å². The van der Waals surface area contributed by atoms with E-state index in [0.29, 0.717) is 37.6 Å². The Balaban J connectivity index is 1.52. The van der Waals surface area contributed by atoms with Crippen LogP contribution in [-0.4, -0.2) is 51.4 Å². The van der Waals surface area contributed by atoms with Gasteiger partial charge in [-0.2, -0.15) is 4.31 Å². The van der Waals surface area contributed by atoms with Crippen LogP contribution in [0.2, 0.25) is 0 Å². The third-order valence-electron chi connectivity index (χ3n) is 4.56. The van der Waals surface area contributed by atoms with Crippen LogP contribution in [0.15, 0.2) is 59.5 Å². The summed E-state index contributed by atoms with van der Waals surface area (Å²) in [6.07, 6.45) is 0. The first kappa shape index (κ1) is 18.6. The number of carbonyl (C=O) groups excluding carboxylic acids is 1. The van der Waals surface area contributed by atoms with Crippen molar-refractivity contribution in [1.82, 2.24) is 4.31 Å². The molecule has 6 nitrogen and oxygen atoms in total. The number of hydrogen-bond donors (Lipinski definition) is 2.